The highest BCUT2D eigenvalue weighted by atomic mass is 127. The smallest absolute Gasteiger partial charge is 0.246 e. The van der Waals surface area contributed by atoms with E-state index in [0.29, 0.717) is 13.1 Å². The first kappa shape index (κ1) is 26.1. The number of aryl methyl sites for hydroxylation is 1. The number of piperazine rings is 1. The van der Waals surface area contributed by atoms with Crippen molar-refractivity contribution in [1.29, 1.82) is 0 Å². The number of carbonyl (C=O) groups excluding carboxylic acids is 1. The number of hydrogen-bond donors (Lipinski definition) is 1. The molecule has 1 aliphatic heterocycles. The minimum Gasteiger partial charge on any atom is -0.381 e. The number of guanidine groups is 1. The first-order valence-corrected chi connectivity index (χ1v) is 11.1. The quantitative estimate of drug-likeness (QED) is 0.212. The maximum Gasteiger partial charge on any atom is 0.246 e. The van der Waals surface area contributed by atoms with Crippen molar-refractivity contribution in [3.8, 4) is 0 Å². The molecule has 1 aromatic carbocycles. The van der Waals surface area contributed by atoms with Crippen molar-refractivity contribution in [3.63, 3.8) is 0 Å². The number of anilines is 1. The maximum atomic E-state index is 12.7. The fourth-order valence-corrected chi connectivity index (χ4v) is 3.54. The summed E-state index contributed by atoms with van der Waals surface area (Å²) in [6.07, 6.45) is 6.49. The first-order chi connectivity index (χ1) is 15.2. The molecule has 1 amide bonds. The minimum atomic E-state index is 0. The number of unbranched alkanes of at least 4 members (excludes halogenated alkanes) is 1. The second-order valence-corrected chi connectivity index (χ2v) is 7.63. The number of nitrogens with zero attached hydrogens (tertiary/aromatic N) is 5. The van der Waals surface area contributed by atoms with Gasteiger partial charge in [0, 0.05) is 46.0 Å². The molecule has 176 valence electrons. The van der Waals surface area contributed by atoms with Crippen LogP contribution in [-0.4, -0.2) is 72.5 Å². The van der Waals surface area contributed by atoms with Gasteiger partial charge in [-0.15, -0.1) is 24.0 Å². The predicted molar refractivity (Wildman–Crippen MR) is 139 cm³/mol. The molecule has 0 saturated carbocycles. The number of aromatic nitrogens is 2. The molecule has 0 bridgehead atoms. The van der Waals surface area contributed by atoms with E-state index in [1.807, 2.05) is 31.1 Å². The number of rotatable bonds is 10. The Morgan fingerprint density at radius 1 is 1.19 bits per heavy atom. The van der Waals surface area contributed by atoms with E-state index in [9.17, 15) is 4.79 Å². The Kier molecular flexibility index (Phi) is 11.5. The summed E-state index contributed by atoms with van der Waals surface area (Å²) in [5.74, 6) is 0.878. The molecule has 0 unspecified atom stereocenters. The lowest BCUT2D eigenvalue weighted by Gasteiger charge is -2.35. The van der Waals surface area contributed by atoms with Crippen LogP contribution in [0, 0.1) is 0 Å². The molecule has 3 rings (SSSR count). The van der Waals surface area contributed by atoms with Gasteiger partial charge in [-0.25, -0.2) is 0 Å². The van der Waals surface area contributed by atoms with Gasteiger partial charge in [0.05, 0.1) is 18.5 Å². The van der Waals surface area contributed by atoms with Crippen LogP contribution in [0.5, 0.6) is 0 Å². The van der Waals surface area contributed by atoms with E-state index >= 15 is 0 Å². The van der Waals surface area contributed by atoms with Gasteiger partial charge in [-0.3, -0.25) is 14.5 Å². The van der Waals surface area contributed by atoms with Crippen molar-refractivity contribution < 1.29 is 9.53 Å². The predicted octanol–water partition coefficient (Wildman–Crippen LogP) is 2.69. The molecule has 1 aromatic heterocycles. The zero-order valence-corrected chi connectivity index (χ0v) is 21.4. The van der Waals surface area contributed by atoms with Gasteiger partial charge in [0.25, 0.3) is 0 Å². The normalized spacial score (nSPS) is 14.4. The van der Waals surface area contributed by atoms with Gasteiger partial charge in [0.2, 0.25) is 5.91 Å². The Balaban J connectivity index is 0.00000363. The second kappa shape index (κ2) is 14.1. The molecule has 8 nitrogen and oxygen atoms in total. The third-order valence-electron chi connectivity index (χ3n) is 5.19. The summed E-state index contributed by atoms with van der Waals surface area (Å²) in [4.78, 5) is 21.2. The van der Waals surface area contributed by atoms with Crippen LogP contribution in [-0.2, 0) is 23.0 Å². The Hall–Kier alpha value is -2.14. The molecule has 1 fully saturated rings. The standard InChI is InChI=1S/C23H34N6O2.HI/c1-3-24-23(25-12-7-8-15-31-16-11-20-9-5-4-6-10-20)28-13-14-29(22(30)19-28)21-17-26-27(2)18-21;/h4-6,9-10,17-18H,3,7-8,11-16,19H2,1-2H3,(H,24,25);1H. The van der Waals surface area contributed by atoms with Crippen molar-refractivity contribution in [2.75, 3.05) is 50.8 Å². The fourth-order valence-electron chi connectivity index (χ4n) is 3.54. The summed E-state index contributed by atoms with van der Waals surface area (Å²) in [7, 11) is 1.86. The van der Waals surface area contributed by atoms with Crippen LogP contribution in [0.15, 0.2) is 47.7 Å². The molecule has 2 aromatic rings. The summed E-state index contributed by atoms with van der Waals surface area (Å²) in [6.45, 7) is 6.74. The number of halogens is 1. The fraction of sp³-hybridized carbons (Fsp3) is 0.522. The van der Waals surface area contributed by atoms with Gasteiger partial charge in [-0.05, 0) is 31.7 Å². The number of amides is 1. The van der Waals surface area contributed by atoms with Crippen molar-refractivity contribution in [3.05, 3.63) is 48.3 Å². The summed E-state index contributed by atoms with van der Waals surface area (Å²) in [5, 5.41) is 7.48. The SMILES string of the molecule is CCNC(=NCCCCOCCc1ccccc1)N1CCN(c2cnn(C)c2)C(=O)C1.I. The Bertz CT molecular complexity index is 842. The number of benzene rings is 1. The summed E-state index contributed by atoms with van der Waals surface area (Å²) in [5.41, 5.74) is 2.15. The van der Waals surface area contributed by atoms with E-state index in [1.54, 1.807) is 15.8 Å². The molecular formula is C23H35IN6O2. The van der Waals surface area contributed by atoms with Gasteiger partial charge in [0.1, 0.15) is 6.54 Å². The van der Waals surface area contributed by atoms with Gasteiger partial charge < -0.3 is 19.9 Å². The average molecular weight is 554 g/mol. The number of nitrogens with one attached hydrogen (secondary N) is 1. The van der Waals surface area contributed by atoms with Crippen LogP contribution in [0.2, 0.25) is 0 Å². The monoisotopic (exact) mass is 554 g/mol. The van der Waals surface area contributed by atoms with Crippen LogP contribution in [0.4, 0.5) is 5.69 Å². The Labute approximate surface area is 208 Å². The highest BCUT2D eigenvalue weighted by molar-refractivity contribution is 14.0. The largest absolute Gasteiger partial charge is 0.381 e. The Morgan fingerprint density at radius 2 is 2.00 bits per heavy atom. The van der Waals surface area contributed by atoms with E-state index in [4.69, 9.17) is 9.73 Å². The molecule has 0 spiro atoms. The van der Waals surface area contributed by atoms with E-state index in [0.717, 1.165) is 63.8 Å². The van der Waals surface area contributed by atoms with Crippen LogP contribution < -0.4 is 10.2 Å². The lowest BCUT2D eigenvalue weighted by Crippen LogP contribution is -2.55. The molecule has 1 aliphatic rings. The zero-order chi connectivity index (χ0) is 21.9. The molecule has 0 atom stereocenters. The van der Waals surface area contributed by atoms with E-state index < -0.39 is 0 Å². The molecule has 2 heterocycles. The van der Waals surface area contributed by atoms with Crippen LogP contribution in [0.25, 0.3) is 0 Å². The van der Waals surface area contributed by atoms with E-state index in [1.165, 1.54) is 5.56 Å². The lowest BCUT2D eigenvalue weighted by atomic mass is 10.2. The van der Waals surface area contributed by atoms with E-state index in [-0.39, 0.29) is 29.9 Å². The third-order valence-corrected chi connectivity index (χ3v) is 5.19. The molecule has 0 radical (unpaired) electrons. The number of hydrogen-bond acceptors (Lipinski definition) is 4. The van der Waals surface area contributed by atoms with Crippen molar-refractivity contribution >= 4 is 41.5 Å². The minimum absolute atomic E-state index is 0. The van der Waals surface area contributed by atoms with Crippen molar-refractivity contribution in [2.24, 2.45) is 12.0 Å². The molecular weight excluding hydrogens is 519 g/mol. The highest BCUT2D eigenvalue weighted by Crippen LogP contribution is 2.16. The van der Waals surface area contributed by atoms with Crippen molar-refractivity contribution in [2.45, 2.75) is 26.2 Å². The summed E-state index contributed by atoms with van der Waals surface area (Å²) >= 11 is 0. The topological polar surface area (TPSA) is 75.0 Å². The summed E-state index contributed by atoms with van der Waals surface area (Å²) < 4.78 is 7.46. The molecule has 0 aliphatic carbocycles. The number of ether oxygens (including phenoxy) is 1. The van der Waals surface area contributed by atoms with Gasteiger partial charge in [0.15, 0.2) is 5.96 Å². The van der Waals surface area contributed by atoms with Crippen LogP contribution in [0.3, 0.4) is 0 Å². The number of carbonyl (C=O) groups is 1. The molecule has 1 saturated heterocycles. The van der Waals surface area contributed by atoms with Gasteiger partial charge in [-0.2, -0.15) is 5.10 Å². The highest BCUT2D eigenvalue weighted by Gasteiger charge is 2.27. The van der Waals surface area contributed by atoms with Gasteiger partial charge >= 0.3 is 0 Å². The van der Waals surface area contributed by atoms with Crippen LogP contribution in [0.1, 0.15) is 25.3 Å². The molecule has 9 heteroatoms. The number of aliphatic imine (C=N–C) groups is 1. The second-order valence-electron chi connectivity index (χ2n) is 7.63. The summed E-state index contributed by atoms with van der Waals surface area (Å²) in [6, 6.07) is 10.4. The molecule has 1 N–H and O–H groups in total. The van der Waals surface area contributed by atoms with Crippen molar-refractivity contribution in [1.82, 2.24) is 20.0 Å². The van der Waals surface area contributed by atoms with Crippen LogP contribution >= 0.6 is 24.0 Å². The van der Waals surface area contributed by atoms with E-state index in [2.05, 4.69) is 34.7 Å². The maximum absolute atomic E-state index is 12.7. The first-order valence-electron chi connectivity index (χ1n) is 11.1. The van der Waals surface area contributed by atoms with Gasteiger partial charge in [-0.1, -0.05) is 30.3 Å². The lowest BCUT2D eigenvalue weighted by molar-refractivity contribution is -0.120. The third kappa shape index (κ3) is 8.09. The zero-order valence-electron chi connectivity index (χ0n) is 19.1. The Morgan fingerprint density at radius 3 is 2.69 bits per heavy atom. The average Bonchev–Trinajstić information content (AvgIpc) is 3.21. The molecule has 32 heavy (non-hydrogen) atoms.